The van der Waals surface area contributed by atoms with Crippen LogP contribution < -0.4 is 0 Å². The van der Waals surface area contributed by atoms with Gasteiger partial charge in [0.15, 0.2) is 10.6 Å². The summed E-state index contributed by atoms with van der Waals surface area (Å²) in [7, 11) is -8.48. The molecule has 10 nitrogen and oxygen atoms in total. The predicted molar refractivity (Wildman–Crippen MR) is 86.9 cm³/mol. The highest BCUT2D eigenvalue weighted by Crippen LogP contribution is 2.61. The third kappa shape index (κ3) is 8.96. The second-order valence-corrected chi connectivity index (χ2v) is 7.52. The van der Waals surface area contributed by atoms with Crippen LogP contribution in [-0.2, 0) is 24.0 Å². The molecule has 0 spiro atoms. The van der Waals surface area contributed by atoms with Gasteiger partial charge in [-0.05, 0) is 19.4 Å². The fourth-order valence-electron chi connectivity index (χ4n) is 1.94. The molecule has 0 aliphatic carbocycles. The fraction of sp³-hybridized carbons (Fsp3) is 0.462. The molecule has 12 heteroatoms. The highest BCUT2D eigenvalue weighted by atomic mass is 32.3. The van der Waals surface area contributed by atoms with E-state index in [0.29, 0.717) is 5.56 Å². The van der Waals surface area contributed by atoms with Crippen LogP contribution in [-0.4, -0.2) is 51.8 Å². The van der Waals surface area contributed by atoms with Gasteiger partial charge in [0, 0.05) is 6.92 Å². The van der Waals surface area contributed by atoms with E-state index in [1.54, 1.807) is 38.1 Å². The number of benzene rings is 1. The van der Waals surface area contributed by atoms with Crippen molar-refractivity contribution in [3.05, 3.63) is 35.9 Å². The molecule has 0 heterocycles. The molecule has 0 radical (unpaired) electrons. The summed E-state index contributed by atoms with van der Waals surface area (Å²) in [6.07, 6.45) is 0. The fourth-order valence-corrected chi connectivity index (χ4v) is 4.13. The Balaban J connectivity index is 0.00000101. The van der Waals surface area contributed by atoms with Gasteiger partial charge in [-0.15, -0.1) is 0 Å². The summed E-state index contributed by atoms with van der Waals surface area (Å²) in [5, 5.41) is 18.5. The Kier molecular flexibility index (Phi) is 9.86. The normalized spacial score (nSPS) is 12.7. The summed E-state index contributed by atoms with van der Waals surface area (Å²) in [6, 6.07) is 8.84. The zero-order valence-corrected chi connectivity index (χ0v) is 15.7. The van der Waals surface area contributed by atoms with Gasteiger partial charge in [-0.3, -0.25) is 9.12 Å². The van der Waals surface area contributed by atoms with Gasteiger partial charge in [-0.25, -0.2) is 18.8 Å². The molecule has 0 aliphatic rings. The van der Waals surface area contributed by atoms with Crippen LogP contribution in [0.25, 0.3) is 0 Å². The van der Waals surface area contributed by atoms with Crippen molar-refractivity contribution in [1.29, 1.82) is 0 Å². The minimum atomic E-state index is -4.92. The van der Waals surface area contributed by atoms with Crippen LogP contribution in [0.15, 0.2) is 30.3 Å². The molecule has 0 aliphatic heterocycles. The molecule has 3 N–H and O–H groups in total. The first-order chi connectivity index (χ1) is 11.5. The SMILES string of the molecule is CCOP(=O)(OCC)C(C(C)=[N+](O)O)c1ccccc1.O=S(=O)([O-])O. The molecule has 0 amide bonds. The third-order valence-corrected chi connectivity index (χ3v) is 5.30. The lowest BCUT2D eigenvalue weighted by Gasteiger charge is -2.23. The van der Waals surface area contributed by atoms with Crippen LogP contribution in [0.5, 0.6) is 0 Å². The second kappa shape index (κ2) is 10.5. The molecular formula is C13H22NO9PS. The monoisotopic (exact) mass is 399 g/mol. The predicted octanol–water partition coefficient (Wildman–Crippen LogP) is 2.25. The number of rotatable bonds is 7. The summed E-state index contributed by atoms with van der Waals surface area (Å²) in [5.41, 5.74) is -0.177. The summed E-state index contributed by atoms with van der Waals surface area (Å²) in [6.45, 7) is 5.27. The summed E-state index contributed by atoms with van der Waals surface area (Å²) < 4.78 is 56.4. The quantitative estimate of drug-likeness (QED) is 0.156. The highest BCUT2D eigenvalue weighted by molar-refractivity contribution is 7.79. The minimum absolute atomic E-state index is 0.0393. The largest absolute Gasteiger partial charge is 0.726 e. The van der Waals surface area contributed by atoms with Gasteiger partial charge in [0.2, 0.25) is 10.4 Å². The van der Waals surface area contributed by atoms with Gasteiger partial charge >= 0.3 is 7.60 Å². The topological polar surface area (TPSA) is 156 Å². The Labute approximate surface area is 146 Å². The van der Waals surface area contributed by atoms with E-state index in [1.807, 2.05) is 6.07 Å². The molecule has 1 aromatic rings. The lowest BCUT2D eigenvalue weighted by molar-refractivity contribution is -0.956. The van der Waals surface area contributed by atoms with Crippen LogP contribution in [0.3, 0.4) is 0 Å². The van der Waals surface area contributed by atoms with E-state index in [1.165, 1.54) is 6.92 Å². The van der Waals surface area contributed by atoms with Gasteiger partial charge in [0.25, 0.3) is 5.71 Å². The van der Waals surface area contributed by atoms with Crippen molar-refractivity contribution in [3.63, 3.8) is 0 Å². The number of nitrogens with zero attached hydrogens (tertiary/aromatic N) is 1. The van der Waals surface area contributed by atoms with Crippen LogP contribution >= 0.6 is 7.60 Å². The van der Waals surface area contributed by atoms with E-state index in [4.69, 9.17) is 26.6 Å². The van der Waals surface area contributed by atoms with Crippen molar-refractivity contribution < 1.29 is 46.5 Å². The number of hydrogen-bond acceptors (Lipinski definition) is 8. The summed E-state index contributed by atoms with van der Waals surface area (Å²) >= 11 is 0. The Morgan fingerprint density at radius 1 is 1.20 bits per heavy atom. The molecule has 0 saturated heterocycles. The molecular weight excluding hydrogens is 377 g/mol. The first-order valence-corrected chi connectivity index (χ1v) is 10.1. The highest BCUT2D eigenvalue weighted by Gasteiger charge is 2.44. The molecule has 0 aromatic heterocycles. The van der Waals surface area contributed by atoms with E-state index >= 15 is 0 Å². The summed E-state index contributed by atoms with van der Waals surface area (Å²) in [5.74, 6) is 0. The molecule has 1 unspecified atom stereocenters. The van der Waals surface area contributed by atoms with E-state index in [2.05, 4.69) is 0 Å². The maximum Gasteiger partial charge on any atom is 0.348 e. The molecule has 0 fully saturated rings. The van der Waals surface area contributed by atoms with Crippen molar-refractivity contribution >= 4 is 23.7 Å². The molecule has 0 bridgehead atoms. The van der Waals surface area contributed by atoms with E-state index in [9.17, 15) is 15.0 Å². The first kappa shape index (κ1) is 23.5. The van der Waals surface area contributed by atoms with Gasteiger partial charge in [0.1, 0.15) is 0 Å². The van der Waals surface area contributed by atoms with Crippen molar-refractivity contribution in [3.8, 4) is 0 Å². The molecule has 25 heavy (non-hydrogen) atoms. The van der Waals surface area contributed by atoms with Crippen LogP contribution in [0, 0.1) is 0 Å². The zero-order valence-electron chi connectivity index (χ0n) is 14.0. The Hall–Kier alpha value is -1.49. The Bertz CT molecular complexity index is 683. The molecule has 1 rings (SSSR count). The lowest BCUT2D eigenvalue weighted by atomic mass is 10.1. The standard InChI is InChI=1S/C13H21NO5P.H2O4S/c1-4-18-20(17,19-5-2)13(11(3)14(15)16)12-9-7-6-8-10-12;1-5(2,3)4/h6-10,13,15-16H,4-5H2,1-3H3;(H2,1,2,3,4)/q+1;/p-1. The lowest BCUT2D eigenvalue weighted by Crippen LogP contribution is -2.22. The van der Waals surface area contributed by atoms with Gasteiger partial charge < -0.3 is 13.6 Å². The Morgan fingerprint density at radius 2 is 1.60 bits per heavy atom. The third-order valence-electron chi connectivity index (χ3n) is 2.76. The van der Waals surface area contributed by atoms with E-state index in [-0.39, 0.29) is 23.8 Å². The Morgan fingerprint density at radius 3 is 1.92 bits per heavy atom. The smallest absolute Gasteiger partial charge is 0.348 e. The molecule has 144 valence electrons. The van der Waals surface area contributed by atoms with Gasteiger partial charge in [-0.1, -0.05) is 30.3 Å². The van der Waals surface area contributed by atoms with Crippen LogP contribution in [0.1, 0.15) is 32.0 Å². The average molecular weight is 399 g/mol. The number of hydrogen-bond donors (Lipinski definition) is 3. The van der Waals surface area contributed by atoms with Gasteiger partial charge in [0.05, 0.1) is 13.2 Å². The average Bonchev–Trinajstić information content (AvgIpc) is 2.47. The molecule has 0 saturated carbocycles. The molecule has 1 atom stereocenters. The zero-order chi connectivity index (χ0) is 19.7. The molecule has 1 aromatic carbocycles. The maximum absolute atomic E-state index is 12.9. The van der Waals surface area contributed by atoms with Crippen LogP contribution in [0.2, 0.25) is 0 Å². The van der Waals surface area contributed by atoms with Crippen LogP contribution in [0.4, 0.5) is 0 Å². The maximum atomic E-state index is 12.9. The summed E-state index contributed by atoms with van der Waals surface area (Å²) in [4.78, 5) is -0.0393. The first-order valence-electron chi connectivity index (χ1n) is 7.09. The van der Waals surface area contributed by atoms with Crippen molar-refractivity contribution in [2.75, 3.05) is 13.2 Å². The minimum Gasteiger partial charge on any atom is -0.726 e. The van der Waals surface area contributed by atoms with E-state index in [0.717, 1.165) is 0 Å². The van der Waals surface area contributed by atoms with Gasteiger partial charge in [-0.2, -0.15) is 0 Å². The van der Waals surface area contributed by atoms with Crippen molar-refractivity contribution in [2.45, 2.75) is 26.4 Å². The second-order valence-electron chi connectivity index (χ2n) is 4.55. The van der Waals surface area contributed by atoms with Crippen molar-refractivity contribution in [1.82, 2.24) is 0 Å². The van der Waals surface area contributed by atoms with Crippen molar-refractivity contribution in [2.24, 2.45) is 0 Å². The van der Waals surface area contributed by atoms with E-state index < -0.39 is 23.7 Å².